The van der Waals surface area contributed by atoms with Crippen molar-refractivity contribution in [1.82, 2.24) is 0 Å². The minimum atomic E-state index is -0.805. The Hall–Kier alpha value is -3.80. The number of nitriles is 1. The molecule has 0 saturated carbocycles. The van der Waals surface area contributed by atoms with E-state index in [-0.39, 0.29) is 12.0 Å². The first-order chi connectivity index (χ1) is 11.4. The maximum absolute atomic E-state index is 12.2. The van der Waals surface area contributed by atoms with Gasteiger partial charge in [0.15, 0.2) is 0 Å². The van der Waals surface area contributed by atoms with Crippen LogP contribution in [0.1, 0.15) is 15.9 Å². The van der Waals surface area contributed by atoms with Gasteiger partial charge in [-0.1, -0.05) is 12.1 Å². The number of nitro groups is 2. The highest BCUT2D eigenvalue weighted by Gasteiger charge is 2.19. The molecule has 0 radical (unpaired) electrons. The maximum atomic E-state index is 12.2. The highest BCUT2D eigenvalue weighted by molar-refractivity contribution is 6.05. The Morgan fingerprint density at radius 3 is 2.04 bits per heavy atom. The van der Waals surface area contributed by atoms with E-state index in [2.05, 4.69) is 5.32 Å². The Morgan fingerprint density at radius 2 is 1.58 bits per heavy atom. The molecule has 2 aromatic rings. The minimum absolute atomic E-state index is 0.197. The van der Waals surface area contributed by atoms with Gasteiger partial charge in [0.2, 0.25) is 0 Å². The smallest absolute Gasteiger partial charge is 0.277 e. The summed E-state index contributed by atoms with van der Waals surface area (Å²) in [5.74, 6) is -0.713. The number of nitrogens with one attached hydrogen (secondary N) is 1. The van der Waals surface area contributed by atoms with Crippen LogP contribution in [0.25, 0.3) is 0 Å². The molecule has 0 aliphatic carbocycles. The number of hydrogen-bond acceptors (Lipinski definition) is 6. The van der Waals surface area contributed by atoms with Crippen molar-refractivity contribution in [2.75, 3.05) is 5.32 Å². The minimum Gasteiger partial charge on any atom is -0.322 e. The van der Waals surface area contributed by atoms with Gasteiger partial charge in [0, 0.05) is 17.8 Å². The predicted octanol–water partition coefficient (Wildman–Crippen LogP) is 2.82. The quantitative estimate of drug-likeness (QED) is 0.662. The van der Waals surface area contributed by atoms with E-state index in [0.717, 1.165) is 23.8 Å². The zero-order chi connectivity index (χ0) is 17.7. The Kier molecular flexibility index (Phi) is 4.81. The topological polar surface area (TPSA) is 139 Å². The summed E-state index contributed by atoms with van der Waals surface area (Å²) in [5.41, 5.74) is -0.119. The van der Waals surface area contributed by atoms with Gasteiger partial charge in [-0.2, -0.15) is 5.26 Å². The van der Waals surface area contributed by atoms with Crippen LogP contribution in [0.15, 0.2) is 42.5 Å². The van der Waals surface area contributed by atoms with E-state index < -0.39 is 27.1 Å². The van der Waals surface area contributed by atoms with Gasteiger partial charge < -0.3 is 5.32 Å². The number of carbonyl (C=O) groups is 1. The lowest BCUT2D eigenvalue weighted by molar-refractivity contribution is -0.394. The standard InChI is InChI=1S/C15H10N4O5/c16-6-5-10-1-3-12(4-2-10)17-15(20)11-7-13(18(21)22)9-14(8-11)19(23)24/h1-4,7-9H,5H2,(H,17,20). The SMILES string of the molecule is N#CCc1ccc(NC(=O)c2cc([N+](=O)[O-])cc([N+](=O)[O-])c2)cc1. The molecule has 9 nitrogen and oxygen atoms in total. The third-order valence-corrected chi connectivity index (χ3v) is 3.08. The second-order valence-electron chi connectivity index (χ2n) is 4.74. The van der Waals surface area contributed by atoms with Crippen LogP contribution in [-0.4, -0.2) is 15.8 Å². The van der Waals surface area contributed by atoms with E-state index in [9.17, 15) is 25.0 Å². The van der Waals surface area contributed by atoms with Crippen LogP contribution in [0.5, 0.6) is 0 Å². The first-order valence-electron chi connectivity index (χ1n) is 6.62. The Balaban J connectivity index is 2.27. The second kappa shape index (κ2) is 6.97. The molecule has 0 aliphatic heterocycles. The maximum Gasteiger partial charge on any atom is 0.277 e. The van der Waals surface area contributed by atoms with Crippen LogP contribution in [0.4, 0.5) is 17.1 Å². The number of carbonyl (C=O) groups excluding carboxylic acids is 1. The number of anilines is 1. The molecule has 1 N–H and O–H groups in total. The first kappa shape index (κ1) is 16.6. The van der Waals surface area contributed by atoms with Gasteiger partial charge in [-0.05, 0) is 17.7 Å². The zero-order valence-electron chi connectivity index (χ0n) is 12.1. The molecule has 0 fully saturated rings. The monoisotopic (exact) mass is 326 g/mol. The van der Waals surface area contributed by atoms with E-state index >= 15 is 0 Å². The van der Waals surface area contributed by atoms with Gasteiger partial charge in [0.1, 0.15) is 0 Å². The van der Waals surface area contributed by atoms with E-state index in [1.807, 2.05) is 6.07 Å². The van der Waals surface area contributed by atoms with Crippen LogP contribution in [-0.2, 0) is 6.42 Å². The van der Waals surface area contributed by atoms with Crippen molar-refractivity contribution in [3.05, 3.63) is 73.8 Å². The lowest BCUT2D eigenvalue weighted by Gasteiger charge is -2.06. The van der Waals surface area contributed by atoms with Crippen LogP contribution >= 0.6 is 0 Å². The van der Waals surface area contributed by atoms with Crippen molar-refractivity contribution >= 4 is 23.0 Å². The lowest BCUT2D eigenvalue weighted by Crippen LogP contribution is -2.12. The molecule has 0 saturated heterocycles. The highest BCUT2D eigenvalue weighted by atomic mass is 16.6. The predicted molar refractivity (Wildman–Crippen MR) is 83.5 cm³/mol. The van der Waals surface area contributed by atoms with E-state index in [1.54, 1.807) is 24.3 Å². The summed E-state index contributed by atoms with van der Waals surface area (Å²) < 4.78 is 0. The number of benzene rings is 2. The molecule has 9 heteroatoms. The van der Waals surface area contributed by atoms with Crippen molar-refractivity contribution in [1.29, 1.82) is 5.26 Å². The van der Waals surface area contributed by atoms with Crippen LogP contribution in [0.3, 0.4) is 0 Å². The second-order valence-corrected chi connectivity index (χ2v) is 4.74. The zero-order valence-corrected chi connectivity index (χ0v) is 12.1. The normalized spacial score (nSPS) is 9.79. The largest absolute Gasteiger partial charge is 0.322 e. The fraction of sp³-hybridized carbons (Fsp3) is 0.0667. The molecule has 24 heavy (non-hydrogen) atoms. The molecule has 2 rings (SSSR count). The van der Waals surface area contributed by atoms with Gasteiger partial charge in [0.25, 0.3) is 17.3 Å². The Bertz CT molecular complexity index is 823. The summed E-state index contributed by atoms with van der Waals surface area (Å²) in [6, 6.07) is 11.1. The summed E-state index contributed by atoms with van der Waals surface area (Å²) in [6.07, 6.45) is 0.227. The molecule has 120 valence electrons. The molecule has 0 bridgehead atoms. The van der Waals surface area contributed by atoms with Crippen molar-refractivity contribution in [3.8, 4) is 6.07 Å². The molecule has 0 atom stereocenters. The highest BCUT2D eigenvalue weighted by Crippen LogP contribution is 2.23. The number of non-ortho nitro benzene ring substituents is 2. The van der Waals surface area contributed by atoms with Gasteiger partial charge >= 0.3 is 0 Å². The van der Waals surface area contributed by atoms with E-state index in [1.165, 1.54) is 0 Å². The average Bonchev–Trinajstić information content (AvgIpc) is 2.56. The summed E-state index contributed by atoms with van der Waals surface area (Å²) in [5, 5.41) is 32.8. The van der Waals surface area contributed by atoms with Gasteiger partial charge in [0.05, 0.1) is 34.0 Å². The van der Waals surface area contributed by atoms with Crippen molar-refractivity contribution in [3.63, 3.8) is 0 Å². The molecule has 0 unspecified atom stereocenters. The first-order valence-corrected chi connectivity index (χ1v) is 6.62. The summed E-state index contributed by atoms with van der Waals surface area (Å²) in [6.45, 7) is 0. The summed E-state index contributed by atoms with van der Waals surface area (Å²) >= 11 is 0. The molecule has 1 amide bonds. The number of nitro benzene ring substituents is 2. The van der Waals surface area contributed by atoms with Crippen LogP contribution < -0.4 is 5.32 Å². The Labute approximate surface area is 135 Å². The van der Waals surface area contributed by atoms with E-state index in [4.69, 9.17) is 5.26 Å². The van der Waals surface area contributed by atoms with Gasteiger partial charge in [-0.25, -0.2) is 0 Å². The van der Waals surface area contributed by atoms with E-state index in [0.29, 0.717) is 5.69 Å². The third kappa shape index (κ3) is 3.89. The van der Waals surface area contributed by atoms with Gasteiger partial charge in [-0.3, -0.25) is 25.0 Å². The number of rotatable bonds is 5. The molecule has 0 aromatic heterocycles. The van der Waals surface area contributed by atoms with Crippen molar-refractivity contribution in [2.24, 2.45) is 0 Å². The average molecular weight is 326 g/mol. The number of hydrogen-bond donors (Lipinski definition) is 1. The summed E-state index contributed by atoms with van der Waals surface area (Å²) in [4.78, 5) is 32.2. The fourth-order valence-corrected chi connectivity index (χ4v) is 1.94. The lowest BCUT2D eigenvalue weighted by atomic mass is 10.1. The molecule has 2 aromatic carbocycles. The number of amides is 1. The van der Waals surface area contributed by atoms with Crippen molar-refractivity contribution in [2.45, 2.75) is 6.42 Å². The third-order valence-electron chi connectivity index (χ3n) is 3.08. The number of nitrogens with zero attached hydrogens (tertiary/aromatic N) is 3. The fourth-order valence-electron chi connectivity index (χ4n) is 1.94. The molecular weight excluding hydrogens is 316 g/mol. The molecule has 0 spiro atoms. The van der Waals surface area contributed by atoms with Crippen molar-refractivity contribution < 1.29 is 14.6 Å². The van der Waals surface area contributed by atoms with Crippen LogP contribution in [0.2, 0.25) is 0 Å². The molecular formula is C15H10N4O5. The summed E-state index contributed by atoms with van der Waals surface area (Å²) in [7, 11) is 0. The molecule has 0 heterocycles. The van der Waals surface area contributed by atoms with Gasteiger partial charge in [-0.15, -0.1) is 0 Å². The van der Waals surface area contributed by atoms with Crippen LogP contribution in [0, 0.1) is 31.6 Å². The molecule has 0 aliphatic rings. The Morgan fingerprint density at radius 1 is 1.04 bits per heavy atom.